The molecule has 11 heteroatoms. The van der Waals surface area contributed by atoms with Gasteiger partial charge in [0.15, 0.2) is 0 Å². The van der Waals surface area contributed by atoms with Crippen LogP contribution in [0.4, 0.5) is 4.79 Å². The Morgan fingerprint density at radius 1 is 1.07 bits per heavy atom. The molecule has 0 spiro atoms. The number of pyridine rings is 1. The first kappa shape index (κ1) is 27.5. The molecule has 6 rings (SSSR count). The number of hydrogen-bond acceptors (Lipinski definition) is 6. The summed E-state index contributed by atoms with van der Waals surface area (Å²) in [6.45, 7) is 0.517. The molecule has 4 amide bonds. The lowest BCUT2D eigenvalue weighted by Crippen LogP contribution is -2.62. The number of carbonyl (C=O) groups is 3. The predicted octanol–water partition coefficient (Wildman–Crippen LogP) is 3.90. The van der Waals surface area contributed by atoms with Crippen molar-refractivity contribution in [2.45, 2.75) is 25.3 Å². The number of benzene rings is 3. The van der Waals surface area contributed by atoms with Gasteiger partial charge in [0.2, 0.25) is 5.91 Å². The van der Waals surface area contributed by atoms with Crippen LogP contribution in [0, 0.1) is 0 Å². The Bertz CT molecular complexity index is 1670. The smallest absolute Gasteiger partial charge is 0.332 e. The van der Waals surface area contributed by atoms with E-state index < -0.39 is 12.2 Å². The number of nitrogens with one attached hydrogen (secondary N) is 1. The molecule has 42 heavy (non-hydrogen) atoms. The summed E-state index contributed by atoms with van der Waals surface area (Å²) in [4.78, 5) is 48.5. The van der Waals surface area contributed by atoms with Crippen LogP contribution < -0.4 is 5.32 Å². The lowest BCUT2D eigenvalue weighted by atomic mass is 9.99. The molecule has 3 heterocycles. The van der Waals surface area contributed by atoms with Crippen LogP contribution in [0.15, 0.2) is 85.1 Å². The summed E-state index contributed by atoms with van der Waals surface area (Å²) in [6.07, 6.45) is 1.04. The van der Waals surface area contributed by atoms with E-state index in [2.05, 4.69) is 10.3 Å². The van der Waals surface area contributed by atoms with E-state index in [0.29, 0.717) is 28.2 Å². The number of piperazine rings is 1. The van der Waals surface area contributed by atoms with Gasteiger partial charge < -0.3 is 20.2 Å². The quantitative estimate of drug-likeness (QED) is 0.356. The summed E-state index contributed by atoms with van der Waals surface area (Å²) in [6, 6.07) is 21.9. The summed E-state index contributed by atoms with van der Waals surface area (Å²) in [7, 11) is 1.60. The number of phenolic OH excluding ortho intramolecular Hbond substituents is 1. The molecule has 2 atom stereocenters. The molecule has 0 radical (unpaired) electrons. The van der Waals surface area contributed by atoms with E-state index in [1.165, 1.54) is 22.0 Å². The highest BCUT2D eigenvalue weighted by atomic mass is 35.5. The van der Waals surface area contributed by atoms with E-state index in [9.17, 15) is 19.5 Å². The molecule has 214 valence electrons. The molecule has 2 N–H and O–H groups in total. The number of hydrazine groups is 1. The van der Waals surface area contributed by atoms with Gasteiger partial charge in [-0.2, -0.15) is 5.01 Å². The van der Waals surface area contributed by atoms with Crippen LogP contribution in [-0.2, 0) is 22.7 Å². The van der Waals surface area contributed by atoms with Gasteiger partial charge in [0.1, 0.15) is 18.0 Å². The summed E-state index contributed by atoms with van der Waals surface area (Å²) in [5, 5.41) is 17.6. The zero-order chi connectivity index (χ0) is 29.4. The molecule has 0 unspecified atom stereocenters. The van der Waals surface area contributed by atoms with Crippen molar-refractivity contribution in [1.29, 1.82) is 0 Å². The number of aromatic hydroxyl groups is 1. The van der Waals surface area contributed by atoms with Crippen molar-refractivity contribution in [3.63, 3.8) is 0 Å². The average Bonchev–Trinajstić information content (AvgIpc) is 3.33. The molecule has 2 aliphatic rings. The first-order chi connectivity index (χ1) is 20.3. The first-order valence-electron chi connectivity index (χ1n) is 13.5. The minimum Gasteiger partial charge on any atom is -0.508 e. The van der Waals surface area contributed by atoms with Gasteiger partial charge in [-0.05, 0) is 35.4 Å². The number of aromatic nitrogens is 1. The second kappa shape index (κ2) is 11.3. The van der Waals surface area contributed by atoms with Crippen molar-refractivity contribution in [2.24, 2.45) is 0 Å². The number of hydrogen-bond donors (Lipinski definition) is 2. The van der Waals surface area contributed by atoms with Gasteiger partial charge in [-0.1, -0.05) is 66.2 Å². The largest absolute Gasteiger partial charge is 0.508 e. The number of fused-ring (bicyclic) bond motifs is 2. The average molecular weight is 585 g/mol. The van der Waals surface area contributed by atoms with Crippen LogP contribution in [0.5, 0.6) is 5.75 Å². The number of urea groups is 1. The highest BCUT2D eigenvalue weighted by Crippen LogP contribution is 2.38. The molecular formula is C31H29ClN6O4. The lowest BCUT2D eigenvalue weighted by Gasteiger charge is -2.46. The third-order valence-corrected chi connectivity index (χ3v) is 8.13. The highest BCUT2D eigenvalue weighted by Gasteiger charge is 2.52. The molecule has 2 fully saturated rings. The third-order valence-electron chi connectivity index (χ3n) is 7.78. The molecule has 2 aliphatic heterocycles. The summed E-state index contributed by atoms with van der Waals surface area (Å²) < 4.78 is 0. The number of phenols is 1. The van der Waals surface area contributed by atoms with E-state index in [-0.39, 0.29) is 43.2 Å². The van der Waals surface area contributed by atoms with Crippen molar-refractivity contribution in [2.75, 3.05) is 20.1 Å². The number of amides is 4. The van der Waals surface area contributed by atoms with Crippen molar-refractivity contribution in [3.05, 3.63) is 107 Å². The van der Waals surface area contributed by atoms with Crippen molar-refractivity contribution < 1.29 is 19.5 Å². The molecule has 0 bridgehead atoms. The zero-order valence-corrected chi connectivity index (χ0v) is 23.6. The standard InChI is InChI=1S/C31H29ClN6O4/c1-35(31(42)34-16-20-7-3-2-4-8-20)37-19-27(40)38-26(37)18-36(30(41)29(38)22-9-5-11-23(39)15-22)17-24-25(32)13-12-21-10-6-14-33-28(21)24/h2-15,26,29,39H,16-19H2,1H3,(H,34,42)/t26-,29+/m1/s1. The van der Waals surface area contributed by atoms with Crippen molar-refractivity contribution in [1.82, 2.24) is 30.1 Å². The summed E-state index contributed by atoms with van der Waals surface area (Å²) >= 11 is 6.64. The topological polar surface area (TPSA) is 109 Å². The minimum atomic E-state index is -1.00. The molecule has 0 aliphatic carbocycles. The Morgan fingerprint density at radius 2 is 1.88 bits per heavy atom. The van der Waals surface area contributed by atoms with Gasteiger partial charge in [0, 0.05) is 42.3 Å². The minimum absolute atomic E-state index is 0.0174. The van der Waals surface area contributed by atoms with Crippen molar-refractivity contribution in [3.8, 4) is 5.75 Å². The maximum Gasteiger partial charge on any atom is 0.332 e. The second-order valence-electron chi connectivity index (χ2n) is 10.4. The van der Waals surface area contributed by atoms with Crippen LogP contribution in [0.3, 0.4) is 0 Å². The first-order valence-corrected chi connectivity index (χ1v) is 13.9. The predicted molar refractivity (Wildman–Crippen MR) is 157 cm³/mol. The fraction of sp³-hybridized carbons (Fsp3) is 0.226. The fourth-order valence-electron chi connectivity index (χ4n) is 5.69. The molecule has 3 aromatic carbocycles. The molecular weight excluding hydrogens is 556 g/mol. The van der Waals surface area contributed by atoms with Gasteiger partial charge in [0.25, 0.3) is 5.91 Å². The third kappa shape index (κ3) is 5.10. The van der Waals surface area contributed by atoms with Crippen LogP contribution in [0.25, 0.3) is 10.9 Å². The summed E-state index contributed by atoms with van der Waals surface area (Å²) in [5.41, 5.74) is 2.79. The van der Waals surface area contributed by atoms with Crippen LogP contribution in [0.2, 0.25) is 5.02 Å². The van der Waals surface area contributed by atoms with Gasteiger partial charge >= 0.3 is 6.03 Å². The Balaban J connectivity index is 1.33. The van der Waals surface area contributed by atoms with Gasteiger partial charge in [-0.25, -0.2) is 4.79 Å². The highest BCUT2D eigenvalue weighted by molar-refractivity contribution is 6.32. The van der Waals surface area contributed by atoms with Crippen LogP contribution in [0.1, 0.15) is 22.7 Å². The number of rotatable bonds is 6. The molecule has 10 nitrogen and oxygen atoms in total. The normalized spacial score (nSPS) is 18.8. The van der Waals surface area contributed by atoms with E-state index in [1.807, 2.05) is 48.5 Å². The zero-order valence-electron chi connectivity index (χ0n) is 22.9. The SMILES string of the molecule is CN(C(=O)NCc1ccccc1)N1CC(=O)N2[C@@H](c3cccc(O)c3)C(=O)N(Cc3c(Cl)ccc4cccnc34)C[C@@H]21. The van der Waals surface area contributed by atoms with E-state index in [1.54, 1.807) is 41.4 Å². The second-order valence-corrected chi connectivity index (χ2v) is 10.8. The van der Waals surface area contributed by atoms with E-state index in [4.69, 9.17) is 11.6 Å². The maximum absolute atomic E-state index is 14.1. The Kier molecular flexibility index (Phi) is 7.40. The van der Waals surface area contributed by atoms with Gasteiger partial charge in [-0.3, -0.25) is 19.6 Å². The van der Waals surface area contributed by atoms with Gasteiger partial charge in [-0.15, -0.1) is 0 Å². The number of halogens is 1. The number of carbonyl (C=O) groups excluding carboxylic acids is 3. The monoisotopic (exact) mass is 584 g/mol. The van der Waals surface area contributed by atoms with E-state index in [0.717, 1.165) is 10.9 Å². The molecule has 0 saturated carbocycles. The Labute approximate surface area is 247 Å². The molecule has 2 saturated heterocycles. The number of nitrogens with zero attached hydrogens (tertiary/aromatic N) is 5. The van der Waals surface area contributed by atoms with Crippen LogP contribution >= 0.6 is 11.6 Å². The van der Waals surface area contributed by atoms with Gasteiger partial charge in [0.05, 0.1) is 18.6 Å². The Morgan fingerprint density at radius 3 is 2.67 bits per heavy atom. The fourth-order valence-corrected chi connectivity index (χ4v) is 5.90. The van der Waals surface area contributed by atoms with Crippen LogP contribution in [-0.4, -0.2) is 74.1 Å². The van der Waals surface area contributed by atoms with E-state index >= 15 is 0 Å². The lowest BCUT2D eigenvalue weighted by molar-refractivity contribution is -0.157. The Hall–Kier alpha value is -4.67. The maximum atomic E-state index is 14.1. The molecule has 4 aromatic rings. The van der Waals surface area contributed by atoms with Crippen molar-refractivity contribution >= 4 is 40.3 Å². The summed E-state index contributed by atoms with van der Waals surface area (Å²) in [5.74, 6) is -0.627. The molecule has 1 aromatic heterocycles.